The second-order valence-corrected chi connectivity index (χ2v) is 6.75. The fourth-order valence-electron chi connectivity index (χ4n) is 2.89. The molecule has 0 bridgehead atoms. The third kappa shape index (κ3) is 5.69. The highest BCUT2D eigenvalue weighted by molar-refractivity contribution is 6.05. The lowest BCUT2D eigenvalue weighted by Crippen LogP contribution is -2.15. The maximum atomic E-state index is 12.5. The van der Waals surface area contributed by atoms with Gasteiger partial charge in [0.1, 0.15) is 5.75 Å². The molecule has 0 spiro atoms. The minimum absolute atomic E-state index is 0.0930. The molecule has 29 heavy (non-hydrogen) atoms. The molecular weight excluding hydrogens is 364 g/mol. The van der Waals surface area contributed by atoms with E-state index in [9.17, 15) is 9.59 Å². The van der Waals surface area contributed by atoms with Gasteiger partial charge in [-0.3, -0.25) is 9.59 Å². The fraction of sp³-hybridized carbons (Fsp3) is 0.167. The first-order valence-electron chi connectivity index (χ1n) is 9.45. The predicted molar refractivity (Wildman–Crippen MR) is 116 cm³/mol. The van der Waals surface area contributed by atoms with Crippen LogP contribution >= 0.6 is 0 Å². The van der Waals surface area contributed by atoms with Gasteiger partial charge < -0.3 is 15.4 Å². The third-order valence-corrected chi connectivity index (χ3v) is 4.61. The Morgan fingerprint density at radius 3 is 2.31 bits per heavy atom. The first-order valence-corrected chi connectivity index (χ1v) is 9.45. The maximum absolute atomic E-state index is 12.5. The molecular formula is C24H24N2O3. The highest BCUT2D eigenvalue weighted by Gasteiger charge is 2.11. The molecule has 0 atom stereocenters. The number of hydrogen-bond acceptors (Lipinski definition) is 3. The van der Waals surface area contributed by atoms with E-state index in [2.05, 4.69) is 10.6 Å². The number of rotatable bonds is 7. The van der Waals surface area contributed by atoms with Crippen molar-refractivity contribution in [3.05, 3.63) is 89.5 Å². The highest BCUT2D eigenvalue weighted by Crippen LogP contribution is 2.19. The molecule has 3 aromatic rings. The van der Waals surface area contributed by atoms with Gasteiger partial charge in [0.15, 0.2) is 0 Å². The summed E-state index contributed by atoms with van der Waals surface area (Å²) >= 11 is 0. The van der Waals surface area contributed by atoms with Crippen molar-refractivity contribution < 1.29 is 14.3 Å². The summed E-state index contributed by atoms with van der Waals surface area (Å²) in [6.07, 6.45) is 0.981. The first-order chi connectivity index (χ1) is 14.0. The Morgan fingerprint density at radius 1 is 0.897 bits per heavy atom. The minimum Gasteiger partial charge on any atom is -0.497 e. The van der Waals surface area contributed by atoms with Gasteiger partial charge in [0.25, 0.3) is 5.91 Å². The molecule has 0 fully saturated rings. The largest absolute Gasteiger partial charge is 0.497 e. The van der Waals surface area contributed by atoms with E-state index < -0.39 is 0 Å². The van der Waals surface area contributed by atoms with E-state index in [1.807, 2.05) is 67.6 Å². The average molecular weight is 388 g/mol. The molecule has 0 heterocycles. The summed E-state index contributed by atoms with van der Waals surface area (Å²) in [7, 11) is 1.62. The SMILES string of the molecule is COc1ccc(CCC(=O)Nc2cc(C(=O)Nc3ccccc3)ccc2C)cc1. The zero-order chi connectivity index (χ0) is 20.6. The van der Waals surface area contributed by atoms with Crippen LogP contribution < -0.4 is 15.4 Å². The Balaban J connectivity index is 1.61. The third-order valence-electron chi connectivity index (χ3n) is 4.61. The molecule has 0 aliphatic rings. The summed E-state index contributed by atoms with van der Waals surface area (Å²) in [5.41, 5.74) is 3.83. The van der Waals surface area contributed by atoms with Gasteiger partial charge in [0.2, 0.25) is 5.91 Å². The van der Waals surface area contributed by atoms with Gasteiger partial charge >= 0.3 is 0 Å². The van der Waals surface area contributed by atoms with Crippen LogP contribution in [0, 0.1) is 6.92 Å². The van der Waals surface area contributed by atoms with Crippen LogP contribution in [0.25, 0.3) is 0 Å². The molecule has 2 amide bonds. The van der Waals surface area contributed by atoms with Crippen molar-refractivity contribution in [3.8, 4) is 5.75 Å². The molecule has 0 aliphatic carbocycles. The van der Waals surface area contributed by atoms with Gasteiger partial charge in [-0.15, -0.1) is 0 Å². The molecule has 3 rings (SSSR count). The second-order valence-electron chi connectivity index (χ2n) is 6.75. The maximum Gasteiger partial charge on any atom is 0.255 e. The molecule has 2 N–H and O–H groups in total. The number of benzene rings is 3. The van der Waals surface area contributed by atoms with Crippen LogP contribution in [0.2, 0.25) is 0 Å². The first kappa shape index (κ1) is 20.1. The van der Waals surface area contributed by atoms with E-state index in [0.29, 0.717) is 24.1 Å². The number of anilines is 2. The monoisotopic (exact) mass is 388 g/mol. The summed E-state index contributed by atoms with van der Waals surface area (Å²) in [5, 5.41) is 5.77. The van der Waals surface area contributed by atoms with Crippen LogP contribution in [0.1, 0.15) is 27.9 Å². The molecule has 0 aliphatic heterocycles. The van der Waals surface area contributed by atoms with Crippen LogP contribution in [-0.2, 0) is 11.2 Å². The Bertz CT molecular complexity index is 983. The van der Waals surface area contributed by atoms with Gasteiger partial charge in [0, 0.05) is 23.4 Å². The molecule has 0 saturated carbocycles. The summed E-state index contributed by atoms with van der Waals surface area (Å²) in [6, 6.07) is 22.2. The normalized spacial score (nSPS) is 10.3. The van der Waals surface area contributed by atoms with Crippen LogP contribution in [0.5, 0.6) is 5.75 Å². The lowest BCUT2D eigenvalue weighted by Gasteiger charge is -2.11. The Labute approximate surface area is 170 Å². The van der Waals surface area contributed by atoms with Crippen molar-refractivity contribution in [1.82, 2.24) is 0 Å². The van der Waals surface area contributed by atoms with Crippen LogP contribution in [0.3, 0.4) is 0 Å². The predicted octanol–water partition coefficient (Wildman–Crippen LogP) is 4.83. The molecule has 0 saturated heterocycles. The van der Waals surface area contributed by atoms with Crippen molar-refractivity contribution >= 4 is 23.2 Å². The van der Waals surface area contributed by atoms with Crippen LogP contribution in [0.15, 0.2) is 72.8 Å². The quantitative estimate of drug-likeness (QED) is 0.609. The summed E-state index contributed by atoms with van der Waals surface area (Å²) in [4.78, 5) is 24.9. The molecule has 3 aromatic carbocycles. The van der Waals surface area contributed by atoms with E-state index in [1.54, 1.807) is 19.2 Å². The van der Waals surface area contributed by atoms with Crippen molar-refractivity contribution in [3.63, 3.8) is 0 Å². The van der Waals surface area contributed by atoms with Gasteiger partial charge in [-0.05, 0) is 60.9 Å². The Morgan fingerprint density at radius 2 is 1.62 bits per heavy atom. The average Bonchev–Trinajstić information content (AvgIpc) is 2.75. The lowest BCUT2D eigenvalue weighted by molar-refractivity contribution is -0.116. The van der Waals surface area contributed by atoms with Crippen molar-refractivity contribution in [2.24, 2.45) is 0 Å². The zero-order valence-electron chi connectivity index (χ0n) is 16.6. The number of aryl methyl sites for hydroxylation is 2. The van der Waals surface area contributed by atoms with Gasteiger partial charge in [0.05, 0.1) is 7.11 Å². The molecule has 0 unspecified atom stereocenters. The number of carbonyl (C=O) groups is 2. The van der Waals surface area contributed by atoms with Crippen molar-refractivity contribution in [2.75, 3.05) is 17.7 Å². The smallest absolute Gasteiger partial charge is 0.255 e. The molecule has 0 aromatic heterocycles. The number of para-hydroxylation sites is 1. The Kier molecular flexibility index (Phi) is 6.63. The van der Waals surface area contributed by atoms with Gasteiger partial charge in [-0.2, -0.15) is 0 Å². The molecule has 148 valence electrons. The van der Waals surface area contributed by atoms with Crippen molar-refractivity contribution in [2.45, 2.75) is 19.8 Å². The topological polar surface area (TPSA) is 67.4 Å². The molecule has 5 nitrogen and oxygen atoms in total. The van der Waals surface area contributed by atoms with Gasteiger partial charge in [-0.25, -0.2) is 0 Å². The van der Waals surface area contributed by atoms with E-state index in [4.69, 9.17) is 4.74 Å². The number of nitrogens with one attached hydrogen (secondary N) is 2. The van der Waals surface area contributed by atoms with Crippen molar-refractivity contribution in [1.29, 1.82) is 0 Å². The number of hydrogen-bond donors (Lipinski definition) is 2. The number of carbonyl (C=O) groups excluding carboxylic acids is 2. The summed E-state index contributed by atoms with van der Waals surface area (Å²) in [5.74, 6) is 0.480. The number of amides is 2. The van der Waals surface area contributed by atoms with Gasteiger partial charge in [-0.1, -0.05) is 36.4 Å². The van der Waals surface area contributed by atoms with E-state index in [-0.39, 0.29) is 11.8 Å². The van der Waals surface area contributed by atoms with Crippen LogP contribution in [-0.4, -0.2) is 18.9 Å². The number of methoxy groups -OCH3 is 1. The second kappa shape index (κ2) is 9.55. The van der Waals surface area contributed by atoms with E-state index in [1.165, 1.54) is 0 Å². The molecule has 5 heteroatoms. The number of ether oxygens (including phenoxy) is 1. The minimum atomic E-state index is -0.218. The summed E-state index contributed by atoms with van der Waals surface area (Å²) < 4.78 is 5.14. The Hall–Kier alpha value is -3.60. The highest BCUT2D eigenvalue weighted by atomic mass is 16.5. The summed E-state index contributed by atoms with van der Waals surface area (Å²) in [6.45, 7) is 1.90. The molecule has 0 radical (unpaired) electrons. The van der Waals surface area contributed by atoms with E-state index in [0.717, 1.165) is 22.6 Å². The van der Waals surface area contributed by atoms with Crippen LogP contribution in [0.4, 0.5) is 11.4 Å². The lowest BCUT2D eigenvalue weighted by atomic mass is 10.1. The van der Waals surface area contributed by atoms with E-state index >= 15 is 0 Å². The standard InChI is InChI=1S/C24H24N2O3/c1-17-8-12-19(24(28)25-20-6-4-3-5-7-20)16-22(17)26-23(27)15-11-18-9-13-21(29-2)14-10-18/h3-10,12-14,16H,11,15H2,1-2H3,(H,25,28)(H,26,27). The fourth-order valence-corrected chi connectivity index (χ4v) is 2.89. The zero-order valence-corrected chi connectivity index (χ0v) is 16.6.